The van der Waals surface area contributed by atoms with Crippen molar-refractivity contribution < 1.29 is 4.39 Å². The van der Waals surface area contributed by atoms with Gasteiger partial charge in [-0.05, 0) is 36.1 Å². The molecule has 1 unspecified atom stereocenters. The molecule has 0 N–H and O–H groups in total. The Bertz CT molecular complexity index is 384. The van der Waals surface area contributed by atoms with Crippen LogP contribution < -0.4 is 4.90 Å². The molecule has 0 saturated heterocycles. The molecule has 1 rings (SSSR count). The SMILES string of the molecule is CC(N(C)c1ccc(F)cc1CBr)C(C)(C)C. The molecule has 0 amide bonds. The third-order valence-electron chi connectivity index (χ3n) is 3.40. The number of halogens is 2. The molecule has 1 aromatic rings. The highest BCUT2D eigenvalue weighted by molar-refractivity contribution is 9.08. The van der Waals surface area contributed by atoms with Crippen molar-refractivity contribution in [1.29, 1.82) is 0 Å². The summed E-state index contributed by atoms with van der Waals surface area (Å²) in [5.41, 5.74) is 2.27. The van der Waals surface area contributed by atoms with Crippen molar-refractivity contribution >= 4 is 21.6 Å². The van der Waals surface area contributed by atoms with Gasteiger partial charge in [0.05, 0.1) is 0 Å². The van der Waals surface area contributed by atoms with E-state index in [1.54, 1.807) is 6.07 Å². The van der Waals surface area contributed by atoms with Crippen LogP contribution in [0, 0.1) is 11.2 Å². The zero-order valence-corrected chi connectivity index (χ0v) is 12.8. The second kappa shape index (κ2) is 5.38. The molecule has 1 aromatic carbocycles. The Balaban J connectivity index is 3.08. The highest BCUT2D eigenvalue weighted by Gasteiger charge is 2.25. The van der Waals surface area contributed by atoms with Crippen LogP contribution in [0.15, 0.2) is 18.2 Å². The second-order valence-electron chi connectivity index (χ2n) is 5.56. The van der Waals surface area contributed by atoms with E-state index in [9.17, 15) is 4.39 Å². The molecule has 1 nitrogen and oxygen atoms in total. The quantitative estimate of drug-likeness (QED) is 0.738. The first-order valence-corrected chi connectivity index (χ1v) is 6.96. The van der Waals surface area contributed by atoms with Crippen LogP contribution in [-0.2, 0) is 5.33 Å². The zero-order chi connectivity index (χ0) is 13.2. The van der Waals surface area contributed by atoms with Crippen molar-refractivity contribution in [2.45, 2.75) is 39.1 Å². The van der Waals surface area contributed by atoms with Crippen LogP contribution in [0.5, 0.6) is 0 Å². The number of hydrogen-bond donors (Lipinski definition) is 0. The number of benzene rings is 1. The van der Waals surface area contributed by atoms with Crippen LogP contribution in [0.3, 0.4) is 0 Å². The maximum absolute atomic E-state index is 13.2. The number of nitrogens with zero attached hydrogens (tertiary/aromatic N) is 1. The fourth-order valence-corrected chi connectivity index (χ4v) is 2.24. The standard InChI is InChI=1S/C14H21BrFN/c1-10(14(2,3)4)17(5)13-7-6-12(16)8-11(13)9-15/h6-8,10H,9H2,1-5H3. The molecule has 0 spiro atoms. The number of hydrogen-bond acceptors (Lipinski definition) is 1. The van der Waals surface area contributed by atoms with Gasteiger partial charge in [-0.15, -0.1) is 0 Å². The summed E-state index contributed by atoms with van der Waals surface area (Å²) in [4.78, 5) is 2.22. The molecule has 3 heteroatoms. The Morgan fingerprint density at radius 1 is 1.35 bits per heavy atom. The first-order valence-electron chi connectivity index (χ1n) is 5.84. The Hall–Kier alpha value is -0.570. The van der Waals surface area contributed by atoms with Gasteiger partial charge in [0.2, 0.25) is 0 Å². The Labute approximate surface area is 112 Å². The van der Waals surface area contributed by atoms with E-state index in [-0.39, 0.29) is 11.2 Å². The lowest BCUT2D eigenvalue weighted by atomic mass is 9.86. The fourth-order valence-electron chi connectivity index (χ4n) is 1.79. The van der Waals surface area contributed by atoms with Gasteiger partial charge >= 0.3 is 0 Å². The van der Waals surface area contributed by atoms with Crippen molar-refractivity contribution in [1.82, 2.24) is 0 Å². The van der Waals surface area contributed by atoms with Gasteiger partial charge in [0.25, 0.3) is 0 Å². The molecule has 0 fully saturated rings. The van der Waals surface area contributed by atoms with Crippen molar-refractivity contribution in [2.24, 2.45) is 5.41 Å². The van der Waals surface area contributed by atoms with E-state index >= 15 is 0 Å². The van der Waals surface area contributed by atoms with Crippen molar-refractivity contribution in [3.63, 3.8) is 0 Å². The smallest absolute Gasteiger partial charge is 0.123 e. The normalized spacial score (nSPS) is 13.6. The maximum atomic E-state index is 13.2. The molecule has 17 heavy (non-hydrogen) atoms. The van der Waals surface area contributed by atoms with E-state index in [1.165, 1.54) is 6.07 Å². The molecular formula is C14H21BrFN. The summed E-state index contributed by atoms with van der Waals surface area (Å²) in [6.07, 6.45) is 0. The van der Waals surface area contributed by atoms with E-state index < -0.39 is 0 Å². The van der Waals surface area contributed by atoms with Gasteiger partial charge in [-0.1, -0.05) is 36.7 Å². The minimum atomic E-state index is -0.181. The summed E-state index contributed by atoms with van der Waals surface area (Å²) in [5, 5.41) is 0.668. The average Bonchev–Trinajstić information content (AvgIpc) is 2.25. The molecule has 0 aliphatic rings. The Kier molecular flexibility index (Phi) is 4.59. The van der Waals surface area contributed by atoms with Gasteiger partial charge in [-0.3, -0.25) is 0 Å². The summed E-state index contributed by atoms with van der Waals surface area (Å²) in [6.45, 7) is 8.84. The van der Waals surface area contributed by atoms with Crippen LogP contribution in [0.25, 0.3) is 0 Å². The summed E-state index contributed by atoms with van der Waals surface area (Å²) >= 11 is 3.42. The summed E-state index contributed by atoms with van der Waals surface area (Å²) < 4.78 is 13.2. The lowest BCUT2D eigenvalue weighted by Gasteiger charge is -2.37. The molecule has 0 aliphatic carbocycles. The minimum absolute atomic E-state index is 0.181. The van der Waals surface area contributed by atoms with Crippen molar-refractivity contribution in [2.75, 3.05) is 11.9 Å². The molecular weight excluding hydrogens is 281 g/mol. The molecule has 0 saturated carbocycles. The van der Waals surface area contributed by atoms with E-state index in [0.29, 0.717) is 11.4 Å². The van der Waals surface area contributed by atoms with Crippen molar-refractivity contribution in [3.05, 3.63) is 29.6 Å². The lowest BCUT2D eigenvalue weighted by molar-refractivity contribution is 0.329. The van der Waals surface area contributed by atoms with Crippen LogP contribution in [-0.4, -0.2) is 13.1 Å². The monoisotopic (exact) mass is 301 g/mol. The predicted octanol–water partition coefficient (Wildman–Crippen LogP) is 4.59. The van der Waals surface area contributed by atoms with Gasteiger partial charge in [-0.2, -0.15) is 0 Å². The van der Waals surface area contributed by atoms with Crippen molar-refractivity contribution in [3.8, 4) is 0 Å². The third kappa shape index (κ3) is 3.44. The van der Waals surface area contributed by atoms with E-state index in [2.05, 4.69) is 55.6 Å². The van der Waals surface area contributed by atoms with Gasteiger partial charge in [0, 0.05) is 24.1 Å². The second-order valence-corrected chi connectivity index (χ2v) is 6.12. The van der Waals surface area contributed by atoms with Gasteiger partial charge < -0.3 is 4.90 Å². The molecule has 0 radical (unpaired) electrons. The first-order chi connectivity index (χ1) is 7.77. The molecule has 0 heterocycles. The van der Waals surface area contributed by atoms with E-state index in [0.717, 1.165) is 11.3 Å². The first kappa shape index (κ1) is 14.5. The van der Waals surface area contributed by atoms with Gasteiger partial charge in [-0.25, -0.2) is 4.39 Å². The highest BCUT2D eigenvalue weighted by atomic mass is 79.9. The lowest BCUT2D eigenvalue weighted by Crippen LogP contribution is -2.39. The zero-order valence-electron chi connectivity index (χ0n) is 11.2. The predicted molar refractivity (Wildman–Crippen MR) is 76.4 cm³/mol. The largest absolute Gasteiger partial charge is 0.371 e. The average molecular weight is 302 g/mol. The topological polar surface area (TPSA) is 3.24 Å². The third-order valence-corrected chi connectivity index (χ3v) is 4.00. The maximum Gasteiger partial charge on any atom is 0.123 e. The summed E-state index contributed by atoms with van der Waals surface area (Å²) in [5.74, 6) is -0.181. The summed E-state index contributed by atoms with van der Waals surface area (Å²) in [7, 11) is 2.06. The number of rotatable bonds is 3. The van der Waals surface area contributed by atoms with Crippen LogP contribution >= 0.6 is 15.9 Å². The molecule has 0 bridgehead atoms. The Morgan fingerprint density at radius 2 is 1.94 bits per heavy atom. The summed E-state index contributed by atoms with van der Waals surface area (Å²) in [6, 6.07) is 5.35. The van der Waals surface area contributed by atoms with Gasteiger partial charge in [0.15, 0.2) is 0 Å². The van der Waals surface area contributed by atoms with E-state index in [4.69, 9.17) is 0 Å². The van der Waals surface area contributed by atoms with Gasteiger partial charge in [0.1, 0.15) is 5.82 Å². The highest BCUT2D eigenvalue weighted by Crippen LogP contribution is 2.30. The number of anilines is 1. The molecule has 0 aromatic heterocycles. The van der Waals surface area contributed by atoms with Crippen LogP contribution in [0.4, 0.5) is 10.1 Å². The van der Waals surface area contributed by atoms with E-state index in [1.807, 2.05) is 6.07 Å². The molecule has 1 atom stereocenters. The number of alkyl halides is 1. The van der Waals surface area contributed by atoms with Crippen LogP contribution in [0.2, 0.25) is 0 Å². The van der Waals surface area contributed by atoms with Crippen LogP contribution in [0.1, 0.15) is 33.3 Å². The molecule has 0 aliphatic heterocycles. The minimum Gasteiger partial charge on any atom is -0.371 e. The fraction of sp³-hybridized carbons (Fsp3) is 0.571. The molecule has 96 valence electrons. The Morgan fingerprint density at radius 3 is 2.41 bits per heavy atom.